The molecule has 14 heavy (non-hydrogen) atoms. The number of rotatable bonds is 4. The first-order chi connectivity index (χ1) is 6.65. The first-order valence-corrected chi connectivity index (χ1v) is 4.23. The minimum Gasteiger partial charge on any atom is -0.508 e. The van der Waals surface area contributed by atoms with Crippen LogP contribution in [0.3, 0.4) is 0 Å². The summed E-state index contributed by atoms with van der Waals surface area (Å²) in [5.74, 6) is -0.832. The molecule has 1 aromatic carbocycles. The van der Waals surface area contributed by atoms with E-state index >= 15 is 0 Å². The van der Waals surface area contributed by atoms with Crippen molar-refractivity contribution in [2.45, 2.75) is 6.42 Å². The average Bonchev–Trinajstić information content (AvgIpc) is 2.09. The van der Waals surface area contributed by atoms with E-state index in [2.05, 4.69) is 0 Å². The Morgan fingerprint density at radius 3 is 2.21 bits per heavy atom. The van der Waals surface area contributed by atoms with Crippen LogP contribution in [0.15, 0.2) is 12.1 Å². The Kier molecular flexibility index (Phi) is 3.41. The van der Waals surface area contributed by atoms with Crippen LogP contribution in [0.25, 0.3) is 0 Å². The van der Waals surface area contributed by atoms with Crippen LogP contribution in [-0.4, -0.2) is 28.5 Å². The predicted octanol–water partition coefficient (Wildman–Crippen LogP) is 0.531. The highest BCUT2D eigenvalue weighted by atomic mass is 16.5. The number of aromatic hydroxyl groups is 3. The van der Waals surface area contributed by atoms with Crippen LogP contribution in [-0.2, 0) is 0 Å². The molecule has 0 saturated carbocycles. The number of phenolic OH excluding ortho intramolecular Hbond substituents is 3. The molecule has 0 radical (unpaired) electrons. The lowest BCUT2D eigenvalue weighted by Gasteiger charge is -2.09. The van der Waals surface area contributed by atoms with Gasteiger partial charge in [-0.3, -0.25) is 0 Å². The van der Waals surface area contributed by atoms with Gasteiger partial charge in [0, 0.05) is 12.1 Å². The molecule has 0 bridgehead atoms. The number of ether oxygens (including phenoxy) is 1. The van der Waals surface area contributed by atoms with E-state index in [4.69, 9.17) is 15.6 Å². The summed E-state index contributed by atoms with van der Waals surface area (Å²) >= 11 is 0. The lowest BCUT2D eigenvalue weighted by Crippen LogP contribution is -2.06. The topological polar surface area (TPSA) is 95.9 Å². The summed E-state index contributed by atoms with van der Waals surface area (Å²) in [4.78, 5) is 0. The second-order valence-corrected chi connectivity index (χ2v) is 2.80. The summed E-state index contributed by atoms with van der Waals surface area (Å²) in [6.45, 7) is 0.780. The van der Waals surface area contributed by atoms with Gasteiger partial charge < -0.3 is 25.8 Å². The Bertz CT molecular complexity index is 291. The molecule has 1 rings (SSSR count). The van der Waals surface area contributed by atoms with Crippen molar-refractivity contribution in [2.24, 2.45) is 5.73 Å². The number of nitrogens with two attached hydrogens (primary N) is 1. The maximum Gasteiger partial charge on any atom is 0.203 e. The fourth-order valence-electron chi connectivity index (χ4n) is 0.990. The molecule has 5 nitrogen and oxygen atoms in total. The van der Waals surface area contributed by atoms with Crippen molar-refractivity contribution in [2.75, 3.05) is 13.2 Å². The third kappa shape index (κ3) is 2.43. The van der Waals surface area contributed by atoms with Crippen molar-refractivity contribution in [3.63, 3.8) is 0 Å². The van der Waals surface area contributed by atoms with E-state index in [1.807, 2.05) is 0 Å². The predicted molar refractivity (Wildman–Crippen MR) is 50.6 cm³/mol. The van der Waals surface area contributed by atoms with E-state index in [-0.39, 0.29) is 23.0 Å². The molecule has 0 amide bonds. The molecule has 1 aromatic rings. The standard InChI is InChI=1S/C9H13NO4/c10-2-1-3-14-9-7(12)4-6(11)5-8(9)13/h4-5,11-13H,1-3,10H2. The van der Waals surface area contributed by atoms with Gasteiger partial charge in [0.1, 0.15) is 5.75 Å². The molecule has 0 aliphatic rings. The molecular formula is C9H13NO4. The summed E-state index contributed by atoms with van der Waals surface area (Å²) in [5.41, 5.74) is 5.25. The zero-order chi connectivity index (χ0) is 10.6. The highest BCUT2D eigenvalue weighted by molar-refractivity contribution is 5.53. The molecule has 5 N–H and O–H groups in total. The van der Waals surface area contributed by atoms with Crippen LogP contribution in [0.1, 0.15) is 6.42 Å². The van der Waals surface area contributed by atoms with Crippen LogP contribution >= 0.6 is 0 Å². The van der Waals surface area contributed by atoms with E-state index in [0.29, 0.717) is 19.6 Å². The lowest BCUT2D eigenvalue weighted by atomic mass is 10.3. The van der Waals surface area contributed by atoms with E-state index in [1.54, 1.807) is 0 Å². The van der Waals surface area contributed by atoms with Crippen LogP contribution in [0.5, 0.6) is 23.0 Å². The summed E-state index contributed by atoms with van der Waals surface area (Å²) in [5, 5.41) is 27.6. The van der Waals surface area contributed by atoms with E-state index < -0.39 is 0 Å². The van der Waals surface area contributed by atoms with Crippen molar-refractivity contribution in [1.82, 2.24) is 0 Å². The number of benzene rings is 1. The van der Waals surface area contributed by atoms with Crippen LogP contribution < -0.4 is 10.5 Å². The van der Waals surface area contributed by atoms with E-state index in [0.717, 1.165) is 12.1 Å². The van der Waals surface area contributed by atoms with Gasteiger partial charge in [0.05, 0.1) is 6.61 Å². The zero-order valence-corrected chi connectivity index (χ0v) is 7.60. The molecule has 0 atom stereocenters. The number of hydrogen-bond donors (Lipinski definition) is 4. The fraction of sp³-hybridized carbons (Fsp3) is 0.333. The summed E-state index contributed by atoms with van der Waals surface area (Å²) < 4.78 is 5.07. The van der Waals surface area contributed by atoms with Gasteiger partial charge in [-0.25, -0.2) is 0 Å². The monoisotopic (exact) mass is 199 g/mol. The van der Waals surface area contributed by atoms with Crippen molar-refractivity contribution >= 4 is 0 Å². The largest absolute Gasteiger partial charge is 0.508 e. The van der Waals surface area contributed by atoms with Gasteiger partial charge in [-0.2, -0.15) is 0 Å². The van der Waals surface area contributed by atoms with Gasteiger partial charge in [0.2, 0.25) is 5.75 Å². The van der Waals surface area contributed by atoms with Crippen molar-refractivity contribution in [3.8, 4) is 23.0 Å². The Hall–Kier alpha value is -1.62. The molecule has 0 unspecified atom stereocenters. The van der Waals surface area contributed by atoms with Crippen molar-refractivity contribution in [1.29, 1.82) is 0 Å². The van der Waals surface area contributed by atoms with Crippen molar-refractivity contribution in [3.05, 3.63) is 12.1 Å². The molecule has 5 heteroatoms. The van der Waals surface area contributed by atoms with E-state index in [9.17, 15) is 10.2 Å². The second kappa shape index (κ2) is 4.57. The molecule has 0 saturated heterocycles. The van der Waals surface area contributed by atoms with Gasteiger partial charge >= 0.3 is 0 Å². The molecule has 0 aliphatic carbocycles. The molecule has 78 valence electrons. The lowest BCUT2D eigenvalue weighted by molar-refractivity contribution is 0.278. The molecule has 0 spiro atoms. The molecule has 0 heterocycles. The SMILES string of the molecule is NCCCOc1c(O)cc(O)cc1O. The van der Waals surface area contributed by atoms with Gasteiger partial charge in [0.25, 0.3) is 0 Å². The first kappa shape index (κ1) is 10.5. The van der Waals surface area contributed by atoms with E-state index in [1.165, 1.54) is 0 Å². The first-order valence-electron chi connectivity index (χ1n) is 4.23. The summed E-state index contributed by atoms with van der Waals surface area (Å²) in [6, 6.07) is 2.19. The van der Waals surface area contributed by atoms with Crippen molar-refractivity contribution < 1.29 is 20.1 Å². The average molecular weight is 199 g/mol. The maximum atomic E-state index is 9.30. The minimum atomic E-state index is -0.292. The summed E-state index contributed by atoms with van der Waals surface area (Å²) in [7, 11) is 0. The smallest absolute Gasteiger partial charge is 0.203 e. The third-order valence-corrected chi connectivity index (χ3v) is 1.63. The van der Waals surface area contributed by atoms with Gasteiger partial charge in [0.15, 0.2) is 11.5 Å². The minimum absolute atomic E-state index is 0.0312. The van der Waals surface area contributed by atoms with Crippen LogP contribution in [0.4, 0.5) is 0 Å². The molecular weight excluding hydrogens is 186 g/mol. The number of phenols is 3. The Balaban J connectivity index is 2.75. The Morgan fingerprint density at radius 1 is 1.14 bits per heavy atom. The molecule has 0 aromatic heterocycles. The van der Waals surface area contributed by atoms with Gasteiger partial charge in [-0.05, 0) is 13.0 Å². The highest BCUT2D eigenvalue weighted by Gasteiger charge is 2.10. The quantitative estimate of drug-likeness (QED) is 0.530. The second-order valence-electron chi connectivity index (χ2n) is 2.80. The molecule has 0 aliphatic heterocycles. The normalized spacial score (nSPS) is 10.1. The Morgan fingerprint density at radius 2 is 1.71 bits per heavy atom. The van der Waals surface area contributed by atoms with Crippen LogP contribution in [0.2, 0.25) is 0 Å². The number of hydrogen-bond acceptors (Lipinski definition) is 5. The highest BCUT2D eigenvalue weighted by Crippen LogP contribution is 2.39. The van der Waals surface area contributed by atoms with Gasteiger partial charge in [-0.1, -0.05) is 0 Å². The molecule has 0 fully saturated rings. The van der Waals surface area contributed by atoms with Crippen LogP contribution in [0, 0.1) is 0 Å². The fourth-order valence-corrected chi connectivity index (χ4v) is 0.990. The Labute approximate surface area is 81.4 Å². The van der Waals surface area contributed by atoms with Gasteiger partial charge in [-0.15, -0.1) is 0 Å². The third-order valence-electron chi connectivity index (χ3n) is 1.63. The zero-order valence-electron chi connectivity index (χ0n) is 7.60. The summed E-state index contributed by atoms with van der Waals surface area (Å²) in [6.07, 6.45) is 0.625. The maximum absolute atomic E-state index is 9.30.